The van der Waals surface area contributed by atoms with E-state index in [2.05, 4.69) is 10.6 Å². The molecule has 0 heterocycles. The summed E-state index contributed by atoms with van der Waals surface area (Å²) in [6, 6.07) is 14.0. The highest BCUT2D eigenvalue weighted by Crippen LogP contribution is 2.16. The number of nitrogens with one attached hydrogen (secondary N) is 2. The van der Waals surface area contributed by atoms with Crippen LogP contribution in [-0.4, -0.2) is 24.5 Å². The van der Waals surface area contributed by atoms with Gasteiger partial charge >= 0.3 is 0 Å². The molecule has 0 spiro atoms. The van der Waals surface area contributed by atoms with E-state index in [1.807, 2.05) is 26.8 Å². The van der Waals surface area contributed by atoms with Crippen LogP contribution in [-0.2, 0) is 0 Å². The summed E-state index contributed by atoms with van der Waals surface area (Å²) in [4.78, 5) is 24.5. The van der Waals surface area contributed by atoms with E-state index in [0.29, 0.717) is 29.2 Å². The van der Waals surface area contributed by atoms with E-state index in [4.69, 9.17) is 4.74 Å². The van der Waals surface area contributed by atoms with Crippen molar-refractivity contribution in [1.29, 1.82) is 0 Å². The van der Waals surface area contributed by atoms with Crippen molar-refractivity contribution in [3.63, 3.8) is 0 Å². The van der Waals surface area contributed by atoms with Crippen LogP contribution < -0.4 is 15.4 Å². The van der Waals surface area contributed by atoms with E-state index in [-0.39, 0.29) is 17.9 Å². The smallest absolute Gasteiger partial charge is 0.255 e. The lowest BCUT2D eigenvalue weighted by Crippen LogP contribution is -2.30. The largest absolute Gasteiger partial charge is 0.494 e. The van der Waals surface area contributed by atoms with Crippen molar-refractivity contribution in [2.75, 3.05) is 11.9 Å². The Morgan fingerprint density at radius 3 is 2.36 bits per heavy atom. The van der Waals surface area contributed by atoms with Crippen LogP contribution in [0.3, 0.4) is 0 Å². The van der Waals surface area contributed by atoms with Gasteiger partial charge in [-0.25, -0.2) is 0 Å². The number of carbonyl (C=O) groups excluding carboxylic acids is 2. The second-order valence-corrected chi connectivity index (χ2v) is 6.04. The fourth-order valence-electron chi connectivity index (χ4n) is 2.23. The number of benzene rings is 2. The van der Waals surface area contributed by atoms with Crippen LogP contribution in [0.25, 0.3) is 0 Å². The van der Waals surface area contributed by atoms with Crippen LogP contribution in [0.2, 0.25) is 0 Å². The predicted octanol–water partition coefficient (Wildman–Crippen LogP) is 3.87. The van der Waals surface area contributed by atoms with Gasteiger partial charge in [-0.05, 0) is 56.7 Å². The summed E-state index contributed by atoms with van der Waals surface area (Å²) in [5.41, 5.74) is 1.58. The van der Waals surface area contributed by atoms with Crippen molar-refractivity contribution in [3.05, 3.63) is 59.7 Å². The topological polar surface area (TPSA) is 67.4 Å². The summed E-state index contributed by atoms with van der Waals surface area (Å²) in [5.74, 6) is 0.254. The molecule has 2 amide bonds. The Morgan fingerprint density at radius 2 is 1.68 bits per heavy atom. The molecule has 2 N–H and O–H groups in total. The molecule has 0 atom stereocenters. The monoisotopic (exact) mass is 340 g/mol. The molecule has 0 bridgehead atoms. The highest BCUT2D eigenvalue weighted by atomic mass is 16.5. The van der Waals surface area contributed by atoms with Crippen LogP contribution in [0.4, 0.5) is 5.69 Å². The molecule has 132 valence electrons. The Bertz CT molecular complexity index is 741. The van der Waals surface area contributed by atoms with E-state index < -0.39 is 0 Å². The molecule has 5 heteroatoms. The highest BCUT2D eigenvalue weighted by molar-refractivity contribution is 6.05. The molecule has 25 heavy (non-hydrogen) atoms. The van der Waals surface area contributed by atoms with Crippen molar-refractivity contribution >= 4 is 17.5 Å². The molecule has 2 rings (SSSR count). The van der Waals surface area contributed by atoms with Gasteiger partial charge in [-0.15, -0.1) is 0 Å². The summed E-state index contributed by atoms with van der Waals surface area (Å²) in [6.07, 6.45) is 0.904. The van der Waals surface area contributed by atoms with E-state index in [1.54, 1.807) is 42.5 Å². The van der Waals surface area contributed by atoms with E-state index >= 15 is 0 Å². The molecule has 0 aliphatic heterocycles. The van der Waals surface area contributed by atoms with Gasteiger partial charge in [0.2, 0.25) is 0 Å². The van der Waals surface area contributed by atoms with E-state index in [1.165, 1.54) is 0 Å². The van der Waals surface area contributed by atoms with Crippen LogP contribution in [0.15, 0.2) is 48.5 Å². The summed E-state index contributed by atoms with van der Waals surface area (Å²) in [7, 11) is 0. The summed E-state index contributed by atoms with van der Waals surface area (Å²) < 4.78 is 5.55. The van der Waals surface area contributed by atoms with Gasteiger partial charge in [-0.1, -0.05) is 19.1 Å². The van der Waals surface area contributed by atoms with Crippen LogP contribution >= 0.6 is 0 Å². The zero-order valence-electron chi connectivity index (χ0n) is 14.8. The molecule has 0 aliphatic rings. The van der Waals surface area contributed by atoms with Gasteiger partial charge in [0.05, 0.1) is 6.61 Å². The van der Waals surface area contributed by atoms with Gasteiger partial charge in [0, 0.05) is 22.9 Å². The molecule has 0 unspecified atom stereocenters. The lowest BCUT2D eigenvalue weighted by atomic mass is 10.1. The molecule has 5 nitrogen and oxygen atoms in total. The minimum absolute atomic E-state index is 0.0524. The van der Waals surface area contributed by atoms with Crippen LogP contribution in [0, 0.1) is 0 Å². The molecule has 0 saturated carbocycles. The molecule has 0 aromatic heterocycles. The van der Waals surface area contributed by atoms with Crippen LogP contribution in [0.1, 0.15) is 47.9 Å². The summed E-state index contributed by atoms with van der Waals surface area (Å²) >= 11 is 0. The second-order valence-electron chi connectivity index (χ2n) is 6.04. The van der Waals surface area contributed by atoms with Crippen molar-refractivity contribution in [3.8, 4) is 5.75 Å². The average Bonchev–Trinajstić information content (AvgIpc) is 2.60. The first kappa shape index (κ1) is 18.5. The van der Waals surface area contributed by atoms with E-state index in [0.717, 1.165) is 6.42 Å². The lowest BCUT2D eigenvalue weighted by molar-refractivity contribution is 0.0942. The summed E-state index contributed by atoms with van der Waals surface area (Å²) in [5, 5.41) is 5.65. The van der Waals surface area contributed by atoms with Crippen molar-refractivity contribution in [2.45, 2.75) is 33.2 Å². The van der Waals surface area contributed by atoms with Gasteiger partial charge in [0.1, 0.15) is 5.75 Å². The zero-order chi connectivity index (χ0) is 18.2. The molecule has 0 fully saturated rings. The van der Waals surface area contributed by atoms with Crippen molar-refractivity contribution < 1.29 is 14.3 Å². The third-order valence-corrected chi connectivity index (χ3v) is 3.37. The number of anilines is 1. The minimum Gasteiger partial charge on any atom is -0.494 e. The first-order valence-corrected chi connectivity index (χ1v) is 8.44. The number of rotatable bonds is 7. The van der Waals surface area contributed by atoms with Gasteiger partial charge in [0.25, 0.3) is 11.8 Å². The molecular weight excluding hydrogens is 316 g/mol. The molecule has 2 aromatic rings. The first-order chi connectivity index (χ1) is 12.0. The van der Waals surface area contributed by atoms with Crippen molar-refractivity contribution in [2.24, 2.45) is 0 Å². The molecule has 0 saturated heterocycles. The number of carbonyl (C=O) groups is 2. The third kappa shape index (κ3) is 5.64. The van der Waals surface area contributed by atoms with Gasteiger partial charge in [-0.2, -0.15) is 0 Å². The predicted molar refractivity (Wildman–Crippen MR) is 99.2 cm³/mol. The Balaban J connectivity index is 2.09. The maximum atomic E-state index is 12.4. The van der Waals surface area contributed by atoms with Gasteiger partial charge < -0.3 is 15.4 Å². The van der Waals surface area contributed by atoms with E-state index in [9.17, 15) is 9.59 Å². The molecular formula is C20H24N2O3. The Morgan fingerprint density at radius 1 is 1.00 bits per heavy atom. The first-order valence-electron chi connectivity index (χ1n) is 8.44. The average molecular weight is 340 g/mol. The number of hydrogen-bond donors (Lipinski definition) is 2. The number of amides is 2. The number of hydrogen-bond acceptors (Lipinski definition) is 3. The highest BCUT2D eigenvalue weighted by Gasteiger charge is 2.10. The van der Waals surface area contributed by atoms with Gasteiger partial charge in [0.15, 0.2) is 0 Å². The summed E-state index contributed by atoms with van der Waals surface area (Å²) in [6.45, 7) is 6.44. The fourth-order valence-corrected chi connectivity index (χ4v) is 2.23. The Kier molecular flexibility index (Phi) is 6.57. The second kappa shape index (κ2) is 8.87. The zero-order valence-corrected chi connectivity index (χ0v) is 14.8. The minimum atomic E-state index is -0.247. The van der Waals surface area contributed by atoms with Crippen LogP contribution in [0.5, 0.6) is 5.75 Å². The number of ether oxygens (including phenoxy) is 1. The van der Waals surface area contributed by atoms with Crippen molar-refractivity contribution in [1.82, 2.24) is 5.32 Å². The normalized spacial score (nSPS) is 10.4. The Hall–Kier alpha value is -2.82. The molecule has 0 radical (unpaired) electrons. The third-order valence-electron chi connectivity index (χ3n) is 3.37. The quantitative estimate of drug-likeness (QED) is 0.804. The standard InChI is InChI=1S/C20H24N2O3/c1-4-11-25-18-10-6-8-16(13-18)20(24)22-17-9-5-7-15(12-17)19(23)21-14(2)3/h5-10,12-14H,4,11H2,1-3H3,(H,21,23)(H,22,24). The lowest BCUT2D eigenvalue weighted by Gasteiger charge is -2.11. The molecule has 2 aromatic carbocycles. The van der Waals surface area contributed by atoms with Gasteiger partial charge in [-0.3, -0.25) is 9.59 Å². The maximum absolute atomic E-state index is 12.4. The SMILES string of the molecule is CCCOc1cccc(C(=O)Nc2cccc(C(=O)NC(C)C)c2)c1. The fraction of sp³-hybridized carbons (Fsp3) is 0.300. The maximum Gasteiger partial charge on any atom is 0.255 e. The molecule has 0 aliphatic carbocycles. The Labute approximate surface area is 148 Å².